The van der Waals surface area contributed by atoms with Gasteiger partial charge in [-0.25, -0.2) is 4.98 Å². The quantitative estimate of drug-likeness (QED) is 0.889. The normalized spacial score (nSPS) is 19.2. The number of hydrogen-bond acceptors (Lipinski definition) is 3. The first-order valence-electron chi connectivity index (χ1n) is 8.04. The number of nitrogens with one attached hydrogen (secondary N) is 1. The molecule has 0 spiro atoms. The van der Waals surface area contributed by atoms with Gasteiger partial charge in [0.15, 0.2) is 0 Å². The fourth-order valence-electron chi connectivity index (χ4n) is 3.40. The Balaban J connectivity index is 1.78. The number of nitrogens with zero attached hydrogens (tertiary/aromatic N) is 2. The lowest BCUT2D eigenvalue weighted by molar-refractivity contribution is 0.119. The van der Waals surface area contributed by atoms with Gasteiger partial charge in [-0.3, -0.25) is 0 Å². The molecule has 21 heavy (non-hydrogen) atoms. The summed E-state index contributed by atoms with van der Waals surface area (Å²) in [6.45, 7) is 2.13. The average molecular weight is 287 g/mol. The van der Waals surface area contributed by atoms with Crippen molar-refractivity contribution in [2.24, 2.45) is 7.05 Å². The number of rotatable bonds is 5. The first kappa shape index (κ1) is 14.5. The molecular formula is C17H25N3O. The van der Waals surface area contributed by atoms with E-state index in [9.17, 15) is 5.11 Å². The molecule has 2 aromatic rings. The Morgan fingerprint density at radius 2 is 2.14 bits per heavy atom. The third-order valence-corrected chi connectivity index (χ3v) is 4.72. The van der Waals surface area contributed by atoms with Gasteiger partial charge in [0.25, 0.3) is 0 Å². The molecule has 2 N–H and O–H groups in total. The van der Waals surface area contributed by atoms with E-state index in [1.54, 1.807) is 0 Å². The van der Waals surface area contributed by atoms with Crippen molar-refractivity contribution in [3.63, 3.8) is 0 Å². The number of imidazole rings is 1. The largest absolute Gasteiger partial charge is 0.387 e. The third kappa shape index (κ3) is 2.97. The highest BCUT2D eigenvalue weighted by molar-refractivity contribution is 5.76. The molecule has 2 atom stereocenters. The molecule has 0 saturated heterocycles. The van der Waals surface area contributed by atoms with Gasteiger partial charge in [0.05, 0.1) is 23.5 Å². The number of benzene rings is 1. The van der Waals surface area contributed by atoms with E-state index >= 15 is 0 Å². The maximum absolute atomic E-state index is 10.7. The predicted molar refractivity (Wildman–Crippen MR) is 85.1 cm³/mol. The van der Waals surface area contributed by atoms with E-state index < -0.39 is 6.10 Å². The van der Waals surface area contributed by atoms with Crippen LogP contribution < -0.4 is 5.32 Å². The van der Waals surface area contributed by atoms with Crippen molar-refractivity contribution < 1.29 is 5.11 Å². The molecule has 4 heteroatoms. The molecule has 0 aliphatic heterocycles. The van der Waals surface area contributed by atoms with Gasteiger partial charge >= 0.3 is 0 Å². The smallest absolute Gasteiger partial charge is 0.0955 e. The molecule has 0 amide bonds. The molecule has 1 aliphatic rings. The summed E-state index contributed by atoms with van der Waals surface area (Å²) in [7, 11) is 1.99. The van der Waals surface area contributed by atoms with Crippen LogP contribution in [0.5, 0.6) is 0 Å². The summed E-state index contributed by atoms with van der Waals surface area (Å²) in [6, 6.07) is 6.77. The van der Waals surface area contributed by atoms with Crippen LogP contribution in [-0.4, -0.2) is 26.7 Å². The van der Waals surface area contributed by atoms with E-state index in [0.29, 0.717) is 6.04 Å². The standard InChI is InChI=1S/C17H25N3O/c1-3-14(19-13-6-4-5-7-13)17(21)12-8-9-16-15(10-12)18-11-20(16)2/h8-11,13-14,17,19,21H,3-7H2,1-2H3. The first-order chi connectivity index (χ1) is 10.2. The molecule has 3 rings (SSSR count). The fourth-order valence-corrected chi connectivity index (χ4v) is 3.40. The molecule has 1 heterocycles. The van der Waals surface area contributed by atoms with Gasteiger partial charge in [-0.2, -0.15) is 0 Å². The second-order valence-electron chi connectivity index (χ2n) is 6.21. The minimum Gasteiger partial charge on any atom is -0.387 e. The van der Waals surface area contributed by atoms with Gasteiger partial charge in [0, 0.05) is 19.1 Å². The Morgan fingerprint density at radius 3 is 2.86 bits per heavy atom. The van der Waals surface area contributed by atoms with Crippen LogP contribution in [0.15, 0.2) is 24.5 Å². The van der Waals surface area contributed by atoms with E-state index in [4.69, 9.17) is 0 Å². The lowest BCUT2D eigenvalue weighted by Gasteiger charge is -2.26. The Hall–Kier alpha value is -1.39. The van der Waals surface area contributed by atoms with Crippen LogP contribution in [0.2, 0.25) is 0 Å². The molecule has 4 nitrogen and oxygen atoms in total. The molecule has 1 aromatic carbocycles. The van der Waals surface area contributed by atoms with Crippen molar-refractivity contribution in [2.45, 2.75) is 57.2 Å². The summed E-state index contributed by atoms with van der Waals surface area (Å²) in [5, 5.41) is 14.4. The number of hydrogen-bond donors (Lipinski definition) is 2. The van der Waals surface area contributed by atoms with Crippen LogP contribution >= 0.6 is 0 Å². The molecule has 1 aromatic heterocycles. The van der Waals surface area contributed by atoms with E-state index in [1.807, 2.05) is 36.1 Å². The van der Waals surface area contributed by atoms with E-state index in [0.717, 1.165) is 23.0 Å². The van der Waals surface area contributed by atoms with Crippen molar-refractivity contribution in [1.82, 2.24) is 14.9 Å². The molecule has 1 fully saturated rings. The van der Waals surface area contributed by atoms with E-state index in [2.05, 4.69) is 17.2 Å². The molecule has 1 saturated carbocycles. The van der Waals surface area contributed by atoms with Crippen molar-refractivity contribution in [2.75, 3.05) is 0 Å². The highest BCUT2D eigenvalue weighted by Crippen LogP contribution is 2.25. The molecule has 0 radical (unpaired) electrons. The summed E-state index contributed by atoms with van der Waals surface area (Å²) in [6.07, 6.45) is 7.37. The van der Waals surface area contributed by atoms with Gasteiger partial charge in [-0.1, -0.05) is 25.8 Å². The monoisotopic (exact) mass is 287 g/mol. The number of aliphatic hydroxyl groups is 1. The summed E-state index contributed by atoms with van der Waals surface area (Å²) >= 11 is 0. The van der Waals surface area contributed by atoms with Crippen molar-refractivity contribution in [3.8, 4) is 0 Å². The molecule has 0 bridgehead atoms. The lowest BCUT2D eigenvalue weighted by Crippen LogP contribution is -2.40. The van der Waals surface area contributed by atoms with Crippen LogP contribution in [-0.2, 0) is 7.05 Å². The van der Waals surface area contributed by atoms with Gasteiger partial charge in [0.2, 0.25) is 0 Å². The van der Waals surface area contributed by atoms with Crippen LogP contribution in [0.4, 0.5) is 0 Å². The van der Waals surface area contributed by atoms with Gasteiger partial charge in [-0.15, -0.1) is 0 Å². The Bertz CT molecular complexity index is 601. The molecule has 1 aliphatic carbocycles. The second kappa shape index (κ2) is 6.16. The maximum atomic E-state index is 10.7. The van der Waals surface area contributed by atoms with Crippen molar-refractivity contribution in [1.29, 1.82) is 0 Å². The second-order valence-corrected chi connectivity index (χ2v) is 6.21. The first-order valence-corrected chi connectivity index (χ1v) is 8.04. The highest BCUT2D eigenvalue weighted by atomic mass is 16.3. The van der Waals surface area contributed by atoms with Crippen LogP contribution in [0.3, 0.4) is 0 Å². The zero-order chi connectivity index (χ0) is 14.8. The van der Waals surface area contributed by atoms with Gasteiger partial charge < -0.3 is 15.0 Å². The minimum absolute atomic E-state index is 0.120. The van der Waals surface area contributed by atoms with Gasteiger partial charge in [-0.05, 0) is 37.0 Å². The maximum Gasteiger partial charge on any atom is 0.0955 e. The highest BCUT2D eigenvalue weighted by Gasteiger charge is 2.24. The zero-order valence-corrected chi connectivity index (χ0v) is 12.9. The molecular weight excluding hydrogens is 262 g/mol. The topological polar surface area (TPSA) is 50.1 Å². The summed E-state index contributed by atoms with van der Waals surface area (Å²) in [5.41, 5.74) is 3.01. The Morgan fingerprint density at radius 1 is 1.38 bits per heavy atom. The predicted octanol–water partition coefficient (Wildman–Crippen LogP) is 2.92. The number of fused-ring (bicyclic) bond motifs is 1. The number of aryl methyl sites for hydroxylation is 1. The van der Waals surface area contributed by atoms with Crippen molar-refractivity contribution in [3.05, 3.63) is 30.1 Å². The van der Waals surface area contributed by atoms with E-state index in [1.165, 1.54) is 25.7 Å². The SMILES string of the molecule is CCC(NC1CCCC1)C(O)c1ccc2c(c1)ncn2C. The van der Waals surface area contributed by atoms with E-state index in [-0.39, 0.29) is 6.04 Å². The average Bonchev–Trinajstić information content (AvgIpc) is 3.14. The Kier molecular flexibility index (Phi) is 4.27. The molecule has 114 valence electrons. The summed E-state index contributed by atoms with van der Waals surface area (Å²) in [5.74, 6) is 0. The fraction of sp³-hybridized carbons (Fsp3) is 0.588. The van der Waals surface area contributed by atoms with Crippen LogP contribution in [0.1, 0.15) is 50.7 Å². The van der Waals surface area contributed by atoms with Crippen LogP contribution in [0.25, 0.3) is 11.0 Å². The molecule has 2 unspecified atom stereocenters. The Labute approximate surface area is 126 Å². The summed E-state index contributed by atoms with van der Waals surface area (Å²) < 4.78 is 2.00. The lowest BCUT2D eigenvalue weighted by atomic mass is 9.98. The number of aliphatic hydroxyl groups excluding tert-OH is 1. The van der Waals surface area contributed by atoms with Gasteiger partial charge in [0.1, 0.15) is 0 Å². The van der Waals surface area contributed by atoms with Crippen molar-refractivity contribution >= 4 is 11.0 Å². The number of aromatic nitrogens is 2. The third-order valence-electron chi connectivity index (χ3n) is 4.72. The van der Waals surface area contributed by atoms with Crippen LogP contribution in [0, 0.1) is 0 Å². The summed E-state index contributed by atoms with van der Waals surface area (Å²) in [4.78, 5) is 4.38. The minimum atomic E-state index is -0.470. The zero-order valence-electron chi connectivity index (χ0n) is 12.9.